The fourth-order valence-electron chi connectivity index (χ4n) is 3.45. The number of carbonyl (C=O) groups is 1. The van der Waals surface area contributed by atoms with Crippen molar-refractivity contribution in [2.75, 3.05) is 13.2 Å². The predicted octanol–water partition coefficient (Wildman–Crippen LogP) is 1.37. The first-order chi connectivity index (χ1) is 12.0. The van der Waals surface area contributed by atoms with E-state index in [-0.39, 0.29) is 41.9 Å². The molecule has 2 heterocycles. The third kappa shape index (κ3) is 4.68. The first kappa shape index (κ1) is 18.1. The Labute approximate surface area is 147 Å². The third-order valence-corrected chi connectivity index (χ3v) is 4.97. The Morgan fingerprint density at radius 3 is 2.84 bits per heavy atom. The Bertz CT molecular complexity index is 591. The highest BCUT2D eigenvalue weighted by molar-refractivity contribution is 5.76. The largest absolute Gasteiger partial charge is 0.488 e. The van der Waals surface area contributed by atoms with Gasteiger partial charge < -0.3 is 14.8 Å². The summed E-state index contributed by atoms with van der Waals surface area (Å²) in [6.07, 6.45) is 0.862. The lowest BCUT2D eigenvalue weighted by Gasteiger charge is -2.33. The van der Waals surface area contributed by atoms with Gasteiger partial charge in [-0.15, -0.1) is 0 Å². The highest BCUT2D eigenvalue weighted by Crippen LogP contribution is 2.21. The average Bonchev–Trinajstić information content (AvgIpc) is 2.89. The van der Waals surface area contributed by atoms with E-state index in [1.165, 1.54) is 12.1 Å². The molecule has 1 aromatic rings. The number of hydrazine groups is 1. The van der Waals surface area contributed by atoms with E-state index in [0.717, 1.165) is 0 Å². The predicted molar refractivity (Wildman–Crippen MR) is 91.5 cm³/mol. The highest BCUT2D eigenvalue weighted by atomic mass is 19.1. The molecule has 2 aliphatic heterocycles. The molecular formula is C18H26FN3O3. The molecule has 0 bridgehead atoms. The molecule has 0 radical (unpaired) electrons. The van der Waals surface area contributed by atoms with Crippen LogP contribution in [0.5, 0.6) is 5.75 Å². The molecule has 0 saturated carbocycles. The summed E-state index contributed by atoms with van der Waals surface area (Å²) >= 11 is 0. The van der Waals surface area contributed by atoms with Gasteiger partial charge in [0.05, 0.1) is 19.3 Å². The van der Waals surface area contributed by atoms with Crippen molar-refractivity contribution in [1.29, 1.82) is 0 Å². The number of benzene rings is 1. The molecule has 1 aromatic carbocycles. The maximum Gasteiger partial charge on any atom is 0.220 e. The van der Waals surface area contributed by atoms with Crippen molar-refractivity contribution >= 4 is 5.91 Å². The van der Waals surface area contributed by atoms with Crippen LogP contribution in [0.25, 0.3) is 0 Å². The minimum Gasteiger partial charge on any atom is -0.488 e. The van der Waals surface area contributed by atoms with Gasteiger partial charge in [-0.2, -0.15) is 0 Å². The lowest BCUT2D eigenvalue weighted by Crippen LogP contribution is -2.52. The maximum atomic E-state index is 13.3. The number of rotatable bonds is 5. The molecular weight excluding hydrogens is 325 g/mol. The van der Waals surface area contributed by atoms with E-state index in [1.807, 2.05) is 0 Å². The van der Waals surface area contributed by atoms with Gasteiger partial charge in [0.1, 0.15) is 17.7 Å². The summed E-state index contributed by atoms with van der Waals surface area (Å²) < 4.78 is 24.7. The van der Waals surface area contributed by atoms with Crippen molar-refractivity contribution < 1.29 is 18.7 Å². The summed E-state index contributed by atoms with van der Waals surface area (Å²) in [5.41, 5.74) is 6.32. The van der Waals surface area contributed by atoms with Crippen molar-refractivity contribution in [3.8, 4) is 5.75 Å². The molecule has 6 nitrogen and oxygen atoms in total. The Hall–Kier alpha value is -1.70. The van der Waals surface area contributed by atoms with Crippen LogP contribution in [0.3, 0.4) is 0 Å². The lowest BCUT2D eigenvalue weighted by molar-refractivity contribution is -0.125. The molecule has 1 amide bonds. The molecule has 0 aromatic heterocycles. The lowest BCUT2D eigenvalue weighted by atomic mass is 9.92. The Kier molecular flexibility index (Phi) is 5.88. The summed E-state index contributed by atoms with van der Waals surface area (Å²) in [4.78, 5) is 12.5. The second-order valence-corrected chi connectivity index (χ2v) is 6.89. The zero-order chi connectivity index (χ0) is 17.8. The third-order valence-electron chi connectivity index (χ3n) is 4.97. The normalized spacial score (nSPS) is 32.4. The van der Waals surface area contributed by atoms with E-state index in [0.29, 0.717) is 31.8 Å². The molecule has 25 heavy (non-hydrogen) atoms. The summed E-state index contributed by atoms with van der Waals surface area (Å²) in [6, 6.07) is 6.30. The summed E-state index contributed by atoms with van der Waals surface area (Å²) in [7, 11) is 0. The number of hydrogen-bond donors (Lipinski definition) is 3. The van der Waals surface area contributed by atoms with Crippen LogP contribution >= 0.6 is 0 Å². The molecule has 0 aliphatic carbocycles. The van der Waals surface area contributed by atoms with E-state index in [1.54, 1.807) is 12.1 Å². The van der Waals surface area contributed by atoms with Crippen molar-refractivity contribution in [2.24, 2.45) is 5.92 Å². The minimum absolute atomic E-state index is 0.0162. The van der Waals surface area contributed by atoms with E-state index >= 15 is 0 Å². The number of ether oxygens (including phenoxy) is 2. The van der Waals surface area contributed by atoms with Crippen molar-refractivity contribution in [2.45, 2.75) is 50.9 Å². The van der Waals surface area contributed by atoms with Crippen molar-refractivity contribution in [3.05, 3.63) is 30.1 Å². The van der Waals surface area contributed by atoms with E-state index < -0.39 is 0 Å². The number of hydrogen-bond acceptors (Lipinski definition) is 5. The van der Waals surface area contributed by atoms with Crippen molar-refractivity contribution in [1.82, 2.24) is 16.2 Å². The summed E-state index contributed by atoms with van der Waals surface area (Å²) in [6.45, 7) is 5.09. The molecule has 7 heteroatoms. The quantitative estimate of drug-likeness (QED) is 0.747. The standard InChI is InChI=1S/C18H26FN3O3/c1-11-15(12(2)22-21-11)9-18(23)20-16-10-24-7-6-17(16)25-14-5-3-4-13(19)8-14/h3-5,8,11-12,15-17,21-22H,6-7,9-10H2,1-2H3,(H,20,23)/t11?,12?,15?,16-,17+/m1/s1. The zero-order valence-electron chi connectivity index (χ0n) is 14.6. The first-order valence-corrected chi connectivity index (χ1v) is 8.83. The van der Waals surface area contributed by atoms with E-state index in [9.17, 15) is 9.18 Å². The SMILES string of the molecule is CC1NNC(C)C1CC(=O)N[C@@H]1COCC[C@@H]1Oc1cccc(F)c1. The van der Waals surface area contributed by atoms with Crippen LogP contribution in [-0.2, 0) is 9.53 Å². The molecule has 3 N–H and O–H groups in total. The van der Waals surface area contributed by atoms with Crippen LogP contribution < -0.4 is 20.9 Å². The van der Waals surface area contributed by atoms with Gasteiger partial charge in [0.15, 0.2) is 0 Å². The fourth-order valence-corrected chi connectivity index (χ4v) is 3.45. The van der Waals surface area contributed by atoms with Crippen LogP contribution in [-0.4, -0.2) is 43.4 Å². The number of halogens is 1. The van der Waals surface area contributed by atoms with Crippen LogP contribution in [0, 0.1) is 11.7 Å². The van der Waals surface area contributed by atoms with Crippen molar-refractivity contribution in [3.63, 3.8) is 0 Å². The van der Waals surface area contributed by atoms with Gasteiger partial charge >= 0.3 is 0 Å². The molecule has 3 rings (SSSR count). The second kappa shape index (κ2) is 8.12. The van der Waals surface area contributed by atoms with E-state index in [4.69, 9.17) is 9.47 Å². The van der Waals surface area contributed by atoms with Gasteiger partial charge in [-0.05, 0) is 26.0 Å². The molecule has 2 unspecified atom stereocenters. The zero-order valence-corrected chi connectivity index (χ0v) is 14.6. The molecule has 2 fully saturated rings. The van der Waals surface area contributed by atoms with Gasteiger partial charge in [0.2, 0.25) is 5.91 Å². The van der Waals surface area contributed by atoms with Gasteiger partial charge in [0.25, 0.3) is 0 Å². The van der Waals surface area contributed by atoms with Gasteiger partial charge in [0, 0.05) is 36.9 Å². The number of amides is 1. The topological polar surface area (TPSA) is 71.6 Å². The maximum absolute atomic E-state index is 13.3. The highest BCUT2D eigenvalue weighted by Gasteiger charge is 2.34. The smallest absolute Gasteiger partial charge is 0.220 e. The van der Waals surface area contributed by atoms with Gasteiger partial charge in [-0.3, -0.25) is 15.6 Å². The molecule has 2 saturated heterocycles. The number of nitrogens with one attached hydrogen (secondary N) is 3. The second-order valence-electron chi connectivity index (χ2n) is 6.89. The molecule has 4 atom stereocenters. The van der Waals surface area contributed by atoms with Crippen LogP contribution in [0.15, 0.2) is 24.3 Å². The van der Waals surface area contributed by atoms with Crippen LogP contribution in [0.2, 0.25) is 0 Å². The van der Waals surface area contributed by atoms with Gasteiger partial charge in [-0.25, -0.2) is 4.39 Å². The first-order valence-electron chi connectivity index (χ1n) is 8.83. The minimum atomic E-state index is -0.339. The molecule has 138 valence electrons. The van der Waals surface area contributed by atoms with Gasteiger partial charge in [-0.1, -0.05) is 6.07 Å². The fraction of sp³-hybridized carbons (Fsp3) is 0.611. The summed E-state index contributed by atoms with van der Waals surface area (Å²) in [5.74, 6) is 0.344. The monoisotopic (exact) mass is 351 g/mol. The Morgan fingerprint density at radius 1 is 1.36 bits per heavy atom. The summed E-state index contributed by atoms with van der Waals surface area (Å²) in [5, 5.41) is 3.03. The Morgan fingerprint density at radius 2 is 2.12 bits per heavy atom. The van der Waals surface area contributed by atoms with Crippen LogP contribution in [0.4, 0.5) is 4.39 Å². The molecule has 2 aliphatic rings. The number of carbonyl (C=O) groups excluding carboxylic acids is 1. The van der Waals surface area contributed by atoms with Crippen LogP contribution in [0.1, 0.15) is 26.7 Å². The molecule has 0 spiro atoms. The average molecular weight is 351 g/mol. The van der Waals surface area contributed by atoms with E-state index in [2.05, 4.69) is 30.0 Å². The Balaban J connectivity index is 1.58.